The van der Waals surface area contributed by atoms with E-state index in [1.165, 1.54) is 7.11 Å². The highest BCUT2D eigenvalue weighted by molar-refractivity contribution is 5.78. The normalized spacial score (nSPS) is 21.1. The van der Waals surface area contributed by atoms with Crippen LogP contribution in [0.4, 0.5) is 0 Å². The Morgan fingerprint density at radius 1 is 1.62 bits per heavy atom. The van der Waals surface area contributed by atoms with Crippen molar-refractivity contribution in [2.24, 2.45) is 4.99 Å². The molecule has 1 atom stereocenters. The first-order valence-electron chi connectivity index (χ1n) is 4.43. The van der Waals surface area contributed by atoms with Crippen molar-refractivity contribution >= 4 is 11.9 Å². The van der Waals surface area contributed by atoms with Gasteiger partial charge in [0.1, 0.15) is 0 Å². The highest BCUT2D eigenvalue weighted by Crippen LogP contribution is 2.18. The molecule has 0 unspecified atom stereocenters. The summed E-state index contributed by atoms with van der Waals surface area (Å²) < 4.78 is 9.55. The summed E-state index contributed by atoms with van der Waals surface area (Å²) in [6.45, 7) is 0. The maximum Gasteiger partial charge on any atom is 0.305 e. The van der Waals surface area contributed by atoms with Gasteiger partial charge < -0.3 is 9.47 Å². The molecule has 0 aromatic carbocycles. The number of hydrogen-bond donors (Lipinski definition) is 0. The predicted molar refractivity (Wildman–Crippen MR) is 48.7 cm³/mol. The standard InChI is InChI=1S/C9H15NO3/c1-12-8-5-3-7(10-8)4-6-9(11)13-2/h7H,3-6H2,1-2H3/t7-/m1/s1. The van der Waals surface area contributed by atoms with E-state index < -0.39 is 0 Å². The first-order chi connectivity index (χ1) is 6.26. The van der Waals surface area contributed by atoms with E-state index in [0.717, 1.165) is 25.2 Å². The second kappa shape index (κ2) is 4.84. The molecule has 0 amide bonds. The molecule has 0 radical (unpaired) electrons. The maximum atomic E-state index is 10.8. The second-order valence-corrected chi connectivity index (χ2v) is 3.03. The van der Waals surface area contributed by atoms with Gasteiger partial charge in [-0.1, -0.05) is 0 Å². The van der Waals surface area contributed by atoms with Crippen LogP contribution >= 0.6 is 0 Å². The van der Waals surface area contributed by atoms with Gasteiger partial charge in [-0.25, -0.2) is 0 Å². The van der Waals surface area contributed by atoms with Crippen LogP contribution < -0.4 is 0 Å². The minimum Gasteiger partial charge on any atom is -0.484 e. The molecule has 0 fully saturated rings. The summed E-state index contributed by atoms with van der Waals surface area (Å²) >= 11 is 0. The zero-order valence-corrected chi connectivity index (χ0v) is 8.08. The van der Waals surface area contributed by atoms with Crippen LogP contribution in [0.3, 0.4) is 0 Å². The molecule has 1 aliphatic rings. The molecule has 0 aliphatic carbocycles. The molecule has 0 aromatic rings. The maximum absolute atomic E-state index is 10.8. The third kappa shape index (κ3) is 3.05. The monoisotopic (exact) mass is 185 g/mol. The second-order valence-electron chi connectivity index (χ2n) is 3.03. The van der Waals surface area contributed by atoms with Crippen molar-refractivity contribution in [2.75, 3.05) is 14.2 Å². The molecule has 1 rings (SSSR count). The lowest BCUT2D eigenvalue weighted by atomic mass is 10.1. The van der Waals surface area contributed by atoms with Crippen LogP contribution in [0.15, 0.2) is 4.99 Å². The predicted octanol–water partition coefficient (Wildman–Crippen LogP) is 1.15. The third-order valence-electron chi connectivity index (χ3n) is 2.16. The van der Waals surface area contributed by atoms with Crippen molar-refractivity contribution in [2.45, 2.75) is 31.7 Å². The highest BCUT2D eigenvalue weighted by Gasteiger charge is 2.18. The fourth-order valence-corrected chi connectivity index (χ4v) is 1.37. The summed E-state index contributed by atoms with van der Waals surface area (Å²) in [6, 6.07) is 0.244. The molecule has 0 N–H and O–H groups in total. The Labute approximate surface area is 77.9 Å². The van der Waals surface area contributed by atoms with E-state index in [9.17, 15) is 4.79 Å². The molecule has 0 saturated carbocycles. The number of aliphatic imine (C=N–C) groups is 1. The molecule has 13 heavy (non-hydrogen) atoms. The van der Waals surface area contributed by atoms with Gasteiger partial charge in [0.15, 0.2) is 5.90 Å². The lowest BCUT2D eigenvalue weighted by molar-refractivity contribution is -0.140. The van der Waals surface area contributed by atoms with Gasteiger partial charge in [-0.2, -0.15) is 0 Å². The summed E-state index contributed by atoms with van der Waals surface area (Å²) in [5.41, 5.74) is 0. The number of carbonyl (C=O) groups excluding carboxylic acids is 1. The van der Waals surface area contributed by atoms with Crippen LogP contribution in [-0.2, 0) is 14.3 Å². The minimum atomic E-state index is -0.166. The summed E-state index contributed by atoms with van der Waals surface area (Å²) in [7, 11) is 3.03. The Morgan fingerprint density at radius 3 is 2.92 bits per heavy atom. The fourth-order valence-electron chi connectivity index (χ4n) is 1.37. The van der Waals surface area contributed by atoms with E-state index in [4.69, 9.17) is 4.74 Å². The number of carbonyl (C=O) groups is 1. The van der Waals surface area contributed by atoms with E-state index in [1.807, 2.05) is 0 Å². The van der Waals surface area contributed by atoms with Crippen LogP contribution in [0.25, 0.3) is 0 Å². The van der Waals surface area contributed by atoms with Crippen molar-refractivity contribution in [1.82, 2.24) is 0 Å². The van der Waals surface area contributed by atoms with Gasteiger partial charge in [0.2, 0.25) is 0 Å². The van der Waals surface area contributed by atoms with Crippen LogP contribution in [0.2, 0.25) is 0 Å². The SMILES string of the molecule is COC(=O)CC[C@H]1CCC(OC)=N1. The largest absolute Gasteiger partial charge is 0.484 e. The molecule has 74 valence electrons. The van der Waals surface area contributed by atoms with Crippen LogP contribution in [0.1, 0.15) is 25.7 Å². The summed E-state index contributed by atoms with van der Waals surface area (Å²) in [5, 5.41) is 0. The smallest absolute Gasteiger partial charge is 0.305 e. The molecule has 0 saturated heterocycles. The molecular formula is C9H15NO3. The lowest BCUT2D eigenvalue weighted by Crippen LogP contribution is -2.06. The number of methoxy groups -OCH3 is 2. The van der Waals surface area contributed by atoms with Gasteiger partial charge in [-0.15, -0.1) is 0 Å². The molecule has 4 heteroatoms. The summed E-state index contributed by atoms with van der Waals surface area (Å²) in [4.78, 5) is 15.1. The fraction of sp³-hybridized carbons (Fsp3) is 0.778. The van der Waals surface area contributed by atoms with Crippen molar-refractivity contribution in [3.8, 4) is 0 Å². The van der Waals surface area contributed by atoms with Crippen molar-refractivity contribution < 1.29 is 14.3 Å². The average Bonchev–Trinajstić information content (AvgIpc) is 2.61. The van der Waals surface area contributed by atoms with Crippen LogP contribution in [0.5, 0.6) is 0 Å². The zero-order valence-electron chi connectivity index (χ0n) is 8.08. The molecular weight excluding hydrogens is 170 g/mol. The van der Waals surface area contributed by atoms with Gasteiger partial charge in [0.25, 0.3) is 0 Å². The van der Waals surface area contributed by atoms with Crippen molar-refractivity contribution in [3.63, 3.8) is 0 Å². The minimum absolute atomic E-state index is 0.166. The zero-order chi connectivity index (χ0) is 9.68. The molecule has 0 aromatic heterocycles. The average molecular weight is 185 g/mol. The Kier molecular flexibility index (Phi) is 3.73. The van der Waals surface area contributed by atoms with Gasteiger partial charge >= 0.3 is 5.97 Å². The van der Waals surface area contributed by atoms with E-state index >= 15 is 0 Å². The van der Waals surface area contributed by atoms with E-state index in [0.29, 0.717) is 6.42 Å². The van der Waals surface area contributed by atoms with E-state index in [2.05, 4.69) is 9.73 Å². The van der Waals surface area contributed by atoms with Gasteiger partial charge in [0, 0.05) is 12.8 Å². The lowest BCUT2D eigenvalue weighted by Gasteiger charge is -2.03. The Bertz CT molecular complexity index is 213. The molecule has 0 spiro atoms. The quantitative estimate of drug-likeness (QED) is 0.619. The number of rotatable bonds is 3. The topological polar surface area (TPSA) is 47.9 Å². The molecule has 4 nitrogen and oxygen atoms in total. The number of hydrogen-bond acceptors (Lipinski definition) is 4. The first-order valence-corrected chi connectivity index (χ1v) is 4.43. The van der Waals surface area contributed by atoms with Gasteiger partial charge in [0.05, 0.1) is 20.3 Å². The van der Waals surface area contributed by atoms with Crippen molar-refractivity contribution in [3.05, 3.63) is 0 Å². The Hall–Kier alpha value is -1.06. The van der Waals surface area contributed by atoms with Gasteiger partial charge in [-0.3, -0.25) is 9.79 Å². The van der Waals surface area contributed by atoms with E-state index in [-0.39, 0.29) is 12.0 Å². The highest BCUT2D eigenvalue weighted by atomic mass is 16.5. The summed E-state index contributed by atoms with van der Waals surface area (Å²) in [5.74, 6) is 0.635. The number of esters is 1. The van der Waals surface area contributed by atoms with E-state index in [1.54, 1.807) is 7.11 Å². The summed E-state index contributed by atoms with van der Waals surface area (Å²) in [6.07, 6.45) is 3.09. The number of ether oxygens (including phenoxy) is 2. The van der Waals surface area contributed by atoms with Crippen LogP contribution in [-0.4, -0.2) is 32.1 Å². The Morgan fingerprint density at radius 2 is 2.38 bits per heavy atom. The Balaban J connectivity index is 2.24. The van der Waals surface area contributed by atoms with Crippen LogP contribution in [0, 0.1) is 0 Å². The van der Waals surface area contributed by atoms with Gasteiger partial charge in [-0.05, 0) is 12.8 Å². The first kappa shape index (κ1) is 10.0. The van der Waals surface area contributed by atoms with Crippen molar-refractivity contribution in [1.29, 1.82) is 0 Å². The molecule has 1 aliphatic heterocycles. The molecule has 0 bridgehead atoms. The molecule has 1 heterocycles. The third-order valence-corrected chi connectivity index (χ3v) is 2.16. The number of nitrogens with zero attached hydrogens (tertiary/aromatic N) is 1.